The number of hydrogen-bond donors (Lipinski definition) is 2. The van der Waals surface area contributed by atoms with Gasteiger partial charge >= 0.3 is 0 Å². The first kappa shape index (κ1) is 11.3. The summed E-state index contributed by atoms with van der Waals surface area (Å²) in [6.45, 7) is 1.62. The van der Waals surface area contributed by atoms with Crippen LogP contribution in [0.25, 0.3) is 0 Å². The maximum atomic E-state index is 13.3. The lowest BCUT2D eigenvalue weighted by Gasteiger charge is -2.07. The Labute approximate surface area is 96.5 Å². The molecule has 0 bridgehead atoms. The second-order valence-electron chi connectivity index (χ2n) is 3.51. The van der Waals surface area contributed by atoms with Gasteiger partial charge in [0.2, 0.25) is 5.95 Å². The molecule has 1 heterocycles. The van der Waals surface area contributed by atoms with Gasteiger partial charge in [-0.15, -0.1) is 0 Å². The van der Waals surface area contributed by atoms with Gasteiger partial charge in [0, 0.05) is 5.69 Å². The second-order valence-corrected chi connectivity index (χ2v) is 3.51. The molecule has 2 aromatic rings. The highest BCUT2D eigenvalue weighted by molar-refractivity contribution is 5.58. The van der Waals surface area contributed by atoms with Gasteiger partial charge in [-0.1, -0.05) is 0 Å². The smallest absolute Gasteiger partial charge is 0.222 e. The molecular weight excluding hydrogens is 226 g/mol. The molecule has 6 heteroatoms. The van der Waals surface area contributed by atoms with Crippen molar-refractivity contribution in [2.45, 2.75) is 6.92 Å². The maximum Gasteiger partial charge on any atom is 0.222 e. The minimum absolute atomic E-state index is 0.0345. The summed E-state index contributed by atoms with van der Waals surface area (Å²) in [6, 6.07) is 4.33. The van der Waals surface area contributed by atoms with Gasteiger partial charge in [-0.3, -0.25) is 0 Å². The van der Waals surface area contributed by atoms with Crippen molar-refractivity contribution in [3.63, 3.8) is 0 Å². The highest BCUT2D eigenvalue weighted by Gasteiger charge is 2.06. The number of nitrogens with one attached hydrogen (secondary N) is 1. The van der Waals surface area contributed by atoms with E-state index in [9.17, 15) is 8.78 Å². The highest BCUT2D eigenvalue weighted by Crippen LogP contribution is 2.20. The van der Waals surface area contributed by atoms with E-state index >= 15 is 0 Å². The lowest BCUT2D eigenvalue weighted by atomic mass is 10.2. The third kappa shape index (κ3) is 2.47. The lowest BCUT2D eigenvalue weighted by molar-refractivity contribution is 0.617. The lowest BCUT2D eigenvalue weighted by Crippen LogP contribution is -2.02. The van der Waals surface area contributed by atoms with E-state index < -0.39 is 5.82 Å². The van der Waals surface area contributed by atoms with Gasteiger partial charge in [0.1, 0.15) is 5.82 Å². The second kappa shape index (κ2) is 4.32. The van der Waals surface area contributed by atoms with E-state index in [1.165, 1.54) is 12.1 Å². The van der Waals surface area contributed by atoms with Gasteiger partial charge in [-0.2, -0.15) is 4.98 Å². The highest BCUT2D eigenvalue weighted by atomic mass is 19.1. The quantitative estimate of drug-likeness (QED) is 0.840. The van der Waals surface area contributed by atoms with Crippen molar-refractivity contribution in [1.82, 2.24) is 9.97 Å². The van der Waals surface area contributed by atoms with Crippen molar-refractivity contribution in [3.05, 3.63) is 41.6 Å². The molecule has 1 aromatic heterocycles. The molecule has 0 spiro atoms. The molecular formula is C11H10F2N4. The standard InChI is InChI=1S/C11H10F2N4/c1-6-4-7(2-3-8(6)12)16-10-9(13)5-15-11(14)17-10/h2-5H,1H3,(H3,14,15,16,17). The van der Waals surface area contributed by atoms with Crippen LogP contribution in [0.15, 0.2) is 24.4 Å². The predicted octanol–water partition coefficient (Wildman–Crippen LogP) is 2.39. The predicted molar refractivity (Wildman–Crippen MR) is 60.8 cm³/mol. The number of anilines is 3. The Balaban J connectivity index is 2.31. The number of nitrogens with two attached hydrogens (primary N) is 1. The Kier molecular flexibility index (Phi) is 2.86. The van der Waals surface area contributed by atoms with E-state index in [1.807, 2.05) is 0 Å². The molecule has 0 amide bonds. The first-order chi connectivity index (χ1) is 8.06. The summed E-state index contributed by atoms with van der Waals surface area (Å²) >= 11 is 0. The Hall–Kier alpha value is -2.24. The van der Waals surface area contributed by atoms with E-state index in [4.69, 9.17) is 5.73 Å². The molecule has 2 rings (SSSR count). The van der Waals surface area contributed by atoms with Crippen molar-refractivity contribution < 1.29 is 8.78 Å². The number of benzene rings is 1. The zero-order valence-corrected chi connectivity index (χ0v) is 9.04. The first-order valence-electron chi connectivity index (χ1n) is 4.87. The fourth-order valence-corrected chi connectivity index (χ4v) is 1.33. The molecule has 0 unspecified atom stereocenters. The van der Waals surface area contributed by atoms with Crippen molar-refractivity contribution in [2.24, 2.45) is 0 Å². The molecule has 0 fully saturated rings. The molecule has 0 radical (unpaired) electrons. The molecule has 0 saturated heterocycles. The first-order valence-corrected chi connectivity index (χ1v) is 4.87. The number of rotatable bonds is 2. The fourth-order valence-electron chi connectivity index (χ4n) is 1.33. The molecule has 0 aliphatic rings. The van der Waals surface area contributed by atoms with Gasteiger partial charge < -0.3 is 11.1 Å². The summed E-state index contributed by atoms with van der Waals surface area (Å²) in [7, 11) is 0. The van der Waals surface area contributed by atoms with Crippen molar-refractivity contribution in [1.29, 1.82) is 0 Å². The van der Waals surface area contributed by atoms with Crippen LogP contribution >= 0.6 is 0 Å². The number of aryl methyl sites for hydroxylation is 1. The largest absolute Gasteiger partial charge is 0.368 e. The minimum Gasteiger partial charge on any atom is -0.368 e. The maximum absolute atomic E-state index is 13.3. The molecule has 0 atom stereocenters. The summed E-state index contributed by atoms with van der Waals surface area (Å²) in [5.41, 5.74) is 6.33. The number of halogens is 2. The zero-order valence-electron chi connectivity index (χ0n) is 9.04. The Morgan fingerprint density at radius 1 is 1.24 bits per heavy atom. The molecule has 0 aliphatic carbocycles. The topological polar surface area (TPSA) is 63.8 Å². The Bertz CT molecular complexity index is 557. The summed E-state index contributed by atoms with van der Waals surface area (Å²) in [6.07, 6.45) is 0.973. The van der Waals surface area contributed by atoms with Crippen LogP contribution in [0, 0.1) is 18.6 Å². The Morgan fingerprint density at radius 3 is 2.71 bits per heavy atom. The van der Waals surface area contributed by atoms with Crippen molar-refractivity contribution in [2.75, 3.05) is 11.1 Å². The molecule has 88 valence electrons. The van der Waals surface area contributed by atoms with Crippen LogP contribution in [0.5, 0.6) is 0 Å². The van der Waals surface area contributed by atoms with Crippen LogP contribution in [0.3, 0.4) is 0 Å². The number of hydrogen-bond acceptors (Lipinski definition) is 4. The van der Waals surface area contributed by atoms with Crippen LogP contribution in [0.2, 0.25) is 0 Å². The van der Waals surface area contributed by atoms with Gasteiger partial charge in [0.15, 0.2) is 11.6 Å². The molecule has 1 aromatic carbocycles. The number of aromatic nitrogens is 2. The molecule has 0 aliphatic heterocycles. The van der Waals surface area contributed by atoms with Gasteiger partial charge in [-0.25, -0.2) is 13.8 Å². The zero-order chi connectivity index (χ0) is 12.4. The summed E-state index contributed by atoms with van der Waals surface area (Å²) in [5, 5.41) is 2.71. The average Bonchev–Trinajstić information content (AvgIpc) is 2.29. The summed E-state index contributed by atoms with van der Waals surface area (Å²) < 4.78 is 26.4. The fraction of sp³-hybridized carbons (Fsp3) is 0.0909. The molecule has 17 heavy (non-hydrogen) atoms. The van der Waals surface area contributed by atoms with Crippen LogP contribution in [0.1, 0.15) is 5.56 Å². The van der Waals surface area contributed by atoms with E-state index in [0.717, 1.165) is 6.20 Å². The van der Waals surface area contributed by atoms with E-state index in [1.54, 1.807) is 13.0 Å². The average molecular weight is 236 g/mol. The van der Waals surface area contributed by atoms with E-state index in [0.29, 0.717) is 11.3 Å². The van der Waals surface area contributed by atoms with E-state index in [-0.39, 0.29) is 17.6 Å². The van der Waals surface area contributed by atoms with Gasteiger partial charge in [-0.05, 0) is 30.7 Å². The van der Waals surface area contributed by atoms with Gasteiger partial charge in [0.05, 0.1) is 6.20 Å². The SMILES string of the molecule is Cc1cc(Nc2nc(N)ncc2F)ccc1F. The molecule has 4 nitrogen and oxygen atoms in total. The number of nitrogens with zero attached hydrogens (tertiary/aromatic N) is 2. The van der Waals surface area contributed by atoms with Gasteiger partial charge in [0.25, 0.3) is 0 Å². The normalized spacial score (nSPS) is 10.3. The van der Waals surface area contributed by atoms with Crippen molar-refractivity contribution >= 4 is 17.5 Å². The third-order valence-corrected chi connectivity index (χ3v) is 2.18. The monoisotopic (exact) mass is 236 g/mol. The molecule has 0 saturated carbocycles. The van der Waals surface area contributed by atoms with Crippen LogP contribution < -0.4 is 11.1 Å². The van der Waals surface area contributed by atoms with Crippen LogP contribution in [0.4, 0.5) is 26.2 Å². The minimum atomic E-state index is -0.624. The third-order valence-electron chi connectivity index (χ3n) is 2.18. The van der Waals surface area contributed by atoms with Crippen molar-refractivity contribution in [3.8, 4) is 0 Å². The van der Waals surface area contributed by atoms with Crippen LogP contribution in [-0.4, -0.2) is 9.97 Å². The summed E-state index contributed by atoms with van der Waals surface area (Å²) in [4.78, 5) is 7.21. The van der Waals surface area contributed by atoms with E-state index in [2.05, 4.69) is 15.3 Å². The number of nitrogen functional groups attached to an aromatic ring is 1. The van der Waals surface area contributed by atoms with Crippen LogP contribution in [-0.2, 0) is 0 Å². The Morgan fingerprint density at radius 2 is 2.00 bits per heavy atom. The molecule has 3 N–H and O–H groups in total. The summed E-state index contributed by atoms with van der Waals surface area (Å²) in [5.74, 6) is -1.02.